The van der Waals surface area contributed by atoms with Gasteiger partial charge in [0.05, 0.1) is 6.26 Å². The van der Waals surface area contributed by atoms with E-state index in [4.69, 9.17) is 0 Å². The van der Waals surface area contributed by atoms with Gasteiger partial charge in [-0.3, -0.25) is 9.89 Å². The highest BCUT2D eigenvalue weighted by atomic mass is 32.2. The van der Waals surface area contributed by atoms with Crippen molar-refractivity contribution in [1.29, 1.82) is 0 Å². The summed E-state index contributed by atoms with van der Waals surface area (Å²) < 4.78 is 24.6. The van der Waals surface area contributed by atoms with E-state index in [0.29, 0.717) is 36.0 Å². The number of anilines is 1. The zero-order valence-corrected chi connectivity index (χ0v) is 17.4. The Kier molecular flexibility index (Phi) is 5.65. The maximum atomic E-state index is 12.5. The van der Waals surface area contributed by atoms with Gasteiger partial charge in [0.1, 0.15) is 5.82 Å². The summed E-state index contributed by atoms with van der Waals surface area (Å²) in [4.78, 5) is 17.0. The zero-order valence-electron chi connectivity index (χ0n) is 16.6. The molecular weight excluding hydrogens is 402 g/mol. The van der Waals surface area contributed by atoms with Crippen LogP contribution in [0.2, 0.25) is 0 Å². The van der Waals surface area contributed by atoms with Crippen LogP contribution in [-0.4, -0.2) is 42.3 Å². The number of carbonyl (C=O) groups is 1. The summed E-state index contributed by atoms with van der Waals surface area (Å²) in [5, 5.41) is 10.1. The quantitative estimate of drug-likeness (QED) is 0.513. The summed E-state index contributed by atoms with van der Waals surface area (Å²) in [6.07, 6.45) is 4.01. The van der Waals surface area contributed by atoms with Crippen LogP contribution in [0.15, 0.2) is 48.5 Å². The summed E-state index contributed by atoms with van der Waals surface area (Å²) >= 11 is 0. The standard InChI is InChI=1S/C21H23N5O3S/c1-30(28,29)22-13-12-14-2-4-17(5-3-14)21(27)23-18-10-8-16(9-11-18)20-24-19(25-26-20)15-6-7-15/h2-5,8-11,15,22H,6-7,12-13H2,1H3,(H,23,27)(H,24,25,26). The molecule has 4 rings (SSSR count). The number of carbonyl (C=O) groups excluding carboxylic acids is 1. The van der Waals surface area contributed by atoms with Crippen LogP contribution in [0.3, 0.4) is 0 Å². The van der Waals surface area contributed by atoms with Crippen LogP contribution in [0.25, 0.3) is 11.4 Å². The molecule has 0 aliphatic heterocycles. The van der Waals surface area contributed by atoms with E-state index in [1.54, 1.807) is 12.1 Å². The lowest BCUT2D eigenvalue weighted by Crippen LogP contribution is -2.24. The van der Waals surface area contributed by atoms with Crippen molar-refractivity contribution in [1.82, 2.24) is 19.9 Å². The van der Waals surface area contributed by atoms with E-state index in [0.717, 1.165) is 36.0 Å². The average Bonchev–Trinajstić information content (AvgIpc) is 3.45. The first-order chi connectivity index (χ1) is 14.4. The number of hydrogen-bond donors (Lipinski definition) is 3. The fourth-order valence-corrected chi connectivity index (χ4v) is 3.53. The van der Waals surface area contributed by atoms with Crippen LogP contribution >= 0.6 is 0 Å². The number of nitrogens with zero attached hydrogens (tertiary/aromatic N) is 2. The maximum Gasteiger partial charge on any atom is 0.255 e. The smallest absolute Gasteiger partial charge is 0.255 e. The molecule has 9 heteroatoms. The molecule has 1 saturated carbocycles. The van der Waals surface area contributed by atoms with E-state index < -0.39 is 10.0 Å². The first-order valence-corrected chi connectivity index (χ1v) is 11.6. The van der Waals surface area contributed by atoms with Gasteiger partial charge in [0.2, 0.25) is 10.0 Å². The van der Waals surface area contributed by atoms with Crippen molar-refractivity contribution in [3.63, 3.8) is 0 Å². The predicted octanol–water partition coefficient (Wildman–Crippen LogP) is 2.69. The van der Waals surface area contributed by atoms with Crippen molar-refractivity contribution >= 4 is 21.6 Å². The lowest BCUT2D eigenvalue weighted by atomic mass is 10.1. The first-order valence-electron chi connectivity index (χ1n) is 9.75. The fraction of sp³-hybridized carbons (Fsp3) is 0.286. The summed E-state index contributed by atoms with van der Waals surface area (Å²) in [6.45, 7) is 0.323. The van der Waals surface area contributed by atoms with E-state index >= 15 is 0 Å². The fourth-order valence-electron chi connectivity index (χ4n) is 3.05. The number of H-pyrrole nitrogens is 1. The third-order valence-electron chi connectivity index (χ3n) is 4.86. The van der Waals surface area contributed by atoms with Gasteiger partial charge in [0.15, 0.2) is 5.82 Å². The van der Waals surface area contributed by atoms with Crippen LogP contribution in [0, 0.1) is 0 Å². The van der Waals surface area contributed by atoms with Gasteiger partial charge in [-0.2, -0.15) is 5.10 Å². The molecule has 0 unspecified atom stereocenters. The van der Waals surface area contributed by atoms with E-state index in [1.807, 2.05) is 36.4 Å². The number of hydrogen-bond acceptors (Lipinski definition) is 5. The van der Waals surface area contributed by atoms with Gasteiger partial charge < -0.3 is 5.32 Å². The summed E-state index contributed by atoms with van der Waals surface area (Å²) in [7, 11) is -3.20. The molecule has 0 radical (unpaired) electrons. The predicted molar refractivity (Wildman–Crippen MR) is 115 cm³/mol. The molecule has 3 N–H and O–H groups in total. The zero-order chi connectivity index (χ0) is 21.1. The van der Waals surface area contributed by atoms with Crippen molar-refractivity contribution in [2.75, 3.05) is 18.1 Å². The highest BCUT2D eigenvalue weighted by Crippen LogP contribution is 2.38. The maximum absolute atomic E-state index is 12.5. The molecule has 0 bridgehead atoms. The molecule has 30 heavy (non-hydrogen) atoms. The minimum Gasteiger partial charge on any atom is -0.322 e. The SMILES string of the molecule is CS(=O)(=O)NCCc1ccc(C(=O)Nc2ccc(-c3n[nH]c(C4CC4)n3)cc2)cc1. The van der Waals surface area contributed by atoms with Gasteiger partial charge in [-0.25, -0.2) is 18.1 Å². The average molecular weight is 426 g/mol. The van der Waals surface area contributed by atoms with Crippen molar-refractivity contribution < 1.29 is 13.2 Å². The summed E-state index contributed by atoms with van der Waals surface area (Å²) in [5.41, 5.74) is 3.05. The minimum atomic E-state index is -3.20. The largest absolute Gasteiger partial charge is 0.322 e. The molecule has 1 fully saturated rings. The number of aromatic nitrogens is 3. The molecule has 1 aliphatic carbocycles. The number of sulfonamides is 1. The molecule has 156 valence electrons. The van der Waals surface area contributed by atoms with Crippen LogP contribution in [0.5, 0.6) is 0 Å². The lowest BCUT2D eigenvalue weighted by Gasteiger charge is -2.07. The number of nitrogens with one attached hydrogen (secondary N) is 3. The molecule has 1 aromatic heterocycles. The molecule has 3 aromatic rings. The van der Waals surface area contributed by atoms with Crippen molar-refractivity contribution in [2.24, 2.45) is 0 Å². The van der Waals surface area contributed by atoms with E-state index in [2.05, 4.69) is 25.2 Å². The van der Waals surface area contributed by atoms with Crippen molar-refractivity contribution in [3.8, 4) is 11.4 Å². The Bertz CT molecular complexity index is 1130. The Hall–Kier alpha value is -3.04. The summed E-state index contributed by atoms with van der Waals surface area (Å²) in [6, 6.07) is 14.5. The van der Waals surface area contributed by atoms with Crippen molar-refractivity contribution in [2.45, 2.75) is 25.2 Å². The molecule has 2 aromatic carbocycles. The Labute approximate surface area is 175 Å². The Morgan fingerprint density at radius 3 is 2.43 bits per heavy atom. The topological polar surface area (TPSA) is 117 Å². The highest BCUT2D eigenvalue weighted by Gasteiger charge is 2.27. The van der Waals surface area contributed by atoms with E-state index in [9.17, 15) is 13.2 Å². The molecule has 8 nitrogen and oxygen atoms in total. The third kappa shape index (κ3) is 5.31. The lowest BCUT2D eigenvalue weighted by molar-refractivity contribution is 0.102. The summed E-state index contributed by atoms with van der Waals surface area (Å²) in [5.74, 6) is 1.92. The van der Waals surface area contributed by atoms with Gasteiger partial charge in [-0.1, -0.05) is 12.1 Å². The Balaban J connectivity index is 1.33. The molecule has 1 amide bonds. The second-order valence-corrected chi connectivity index (χ2v) is 9.30. The molecule has 0 saturated heterocycles. The van der Waals surface area contributed by atoms with Crippen LogP contribution in [0.4, 0.5) is 5.69 Å². The highest BCUT2D eigenvalue weighted by molar-refractivity contribution is 7.88. The molecular formula is C21H23N5O3S. The molecule has 0 atom stereocenters. The van der Waals surface area contributed by atoms with E-state index in [1.165, 1.54) is 0 Å². The number of rotatable bonds is 8. The van der Waals surface area contributed by atoms with Gasteiger partial charge in [0.25, 0.3) is 5.91 Å². The van der Waals surface area contributed by atoms with Gasteiger partial charge in [-0.05, 0) is 61.2 Å². The normalized spacial score (nSPS) is 13.9. The Morgan fingerprint density at radius 1 is 1.10 bits per heavy atom. The van der Waals surface area contributed by atoms with E-state index in [-0.39, 0.29) is 5.91 Å². The van der Waals surface area contributed by atoms with Gasteiger partial charge in [-0.15, -0.1) is 0 Å². The monoisotopic (exact) mass is 425 g/mol. The van der Waals surface area contributed by atoms with Crippen molar-refractivity contribution in [3.05, 3.63) is 65.5 Å². The third-order valence-corrected chi connectivity index (χ3v) is 5.59. The minimum absolute atomic E-state index is 0.211. The first kappa shape index (κ1) is 20.2. The van der Waals surface area contributed by atoms with Gasteiger partial charge >= 0.3 is 0 Å². The van der Waals surface area contributed by atoms with Crippen LogP contribution in [0.1, 0.15) is 40.5 Å². The van der Waals surface area contributed by atoms with Crippen LogP contribution < -0.4 is 10.0 Å². The number of benzene rings is 2. The second-order valence-electron chi connectivity index (χ2n) is 7.46. The van der Waals surface area contributed by atoms with Crippen LogP contribution in [-0.2, 0) is 16.4 Å². The molecule has 1 aliphatic rings. The number of aromatic amines is 1. The van der Waals surface area contributed by atoms with Gasteiger partial charge in [0, 0.05) is 29.3 Å². The molecule has 1 heterocycles. The molecule has 0 spiro atoms. The second kappa shape index (κ2) is 8.37. The number of amides is 1. The Morgan fingerprint density at radius 2 is 1.80 bits per heavy atom.